The number of pyridine rings is 1. The summed E-state index contributed by atoms with van der Waals surface area (Å²) in [5, 5.41) is 0.980. The van der Waals surface area contributed by atoms with E-state index in [1.54, 1.807) is 6.07 Å². The summed E-state index contributed by atoms with van der Waals surface area (Å²) in [5.41, 5.74) is 0.669. The first-order valence-corrected chi connectivity index (χ1v) is 5.16. The third kappa shape index (κ3) is 1.50. The maximum atomic E-state index is 11.4. The van der Waals surface area contributed by atoms with Gasteiger partial charge in [0.25, 0.3) is 5.56 Å². The highest BCUT2D eigenvalue weighted by molar-refractivity contribution is 14.1. The van der Waals surface area contributed by atoms with E-state index in [1.807, 2.05) is 18.2 Å². The van der Waals surface area contributed by atoms with Gasteiger partial charge in [-0.05, 0) is 34.7 Å². The predicted molar refractivity (Wildman–Crippen MR) is 63.8 cm³/mol. The number of methoxy groups -OCH3 is 1. The molecule has 1 aromatic heterocycles. The van der Waals surface area contributed by atoms with Crippen LogP contribution >= 0.6 is 22.6 Å². The van der Waals surface area contributed by atoms with E-state index in [-0.39, 0.29) is 5.56 Å². The van der Waals surface area contributed by atoms with Gasteiger partial charge in [-0.1, -0.05) is 12.1 Å². The Morgan fingerprint density at radius 1 is 1.43 bits per heavy atom. The third-order valence-electron chi connectivity index (χ3n) is 2.01. The molecule has 1 N–H and O–H groups in total. The van der Waals surface area contributed by atoms with Crippen LogP contribution in [0, 0.1) is 3.57 Å². The Labute approximate surface area is 94.2 Å². The number of H-pyrrole nitrogens is 1. The van der Waals surface area contributed by atoms with Gasteiger partial charge < -0.3 is 9.72 Å². The zero-order valence-corrected chi connectivity index (χ0v) is 9.66. The molecule has 0 amide bonds. The van der Waals surface area contributed by atoms with Crippen LogP contribution in [0.2, 0.25) is 0 Å². The zero-order valence-electron chi connectivity index (χ0n) is 7.50. The maximum absolute atomic E-state index is 11.4. The van der Waals surface area contributed by atoms with Crippen molar-refractivity contribution in [3.05, 3.63) is 38.2 Å². The topological polar surface area (TPSA) is 42.1 Å². The van der Waals surface area contributed by atoms with E-state index in [4.69, 9.17) is 4.74 Å². The first kappa shape index (κ1) is 9.51. The Bertz CT molecular complexity index is 533. The van der Waals surface area contributed by atoms with Crippen molar-refractivity contribution >= 4 is 33.5 Å². The molecule has 14 heavy (non-hydrogen) atoms. The molecule has 1 heterocycles. The Balaban J connectivity index is 2.86. The number of nitrogens with one attached hydrogen (secondary N) is 1. The second kappa shape index (κ2) is 3.61. The number of hydrogen-bond acceptors (Lipinski definition) is 2. The van der Waals surface area contributed by atoms with Crippen LogP contribution in [0.25, 0.3) is 10.9 Å². The Morgan fingerprint density at radius 3 is 2.93 bits per heavy atom. The molecule has 0 aliphatic heterocycles. The van der Waals surface area contributed by atoms with Crippen molar-refractivity contribution in [2.75, 3.05) is 7.11 Å². The fourth-order valence-electron chi connectivity index (χ4n) is 1.33. The van der Waals surface area contributed by atoms with Gasteiger partial charge in [0.15, 0.2) is 5.75 Å². The average Bonchev–Trinajstić information content (AvgIpc) is 2.19. The quantitative estimate of drug-likeness (QED) is 0.820. The van der Waals surface area contributed by atoms with E-state index in [0.717, 1.165) is 14.5 Å². The zero-order chi connectivity index (χ0) is 10.1. The van der Waals surface area contributed by atoms with Gasteiger partial charge >= 0.3 is 0 Å². The van der Waals surface area contributed by atoms with Gasteiger partial charge in [0.05, 0.1) is 12.6 Å². The van der Waals surface area contributed by atoms with Gasteiger partial charge in [0, 0.05) is 8.96 Å². The Kier molecular flexibility index (Phi) is 2.45. The minimum Gasteiger partial charge on any atom is -0.491 e. The average molecular weight is 301 g/mol. The van der Waals surface area contributed by atoms with E-state index in [9.17, 15) is 4.79 Å². The first-order chi connectivity index (χ1) is 6.72. The smallest absolute Gasteiger partial charge is 0.290 e. The van der Waals surface area contributed by atoms with E-state index >= 15 is 0 Å². The predicted octanol–water partition coefficient (Wildman–Crippen LogP) is 2.14. The summed E-state index contributed by atoms with van der Waals surface area (Å²) in [6.45, 7) is 0. The lowest BCUT2D eigenvalue weighted by molar-refractivity contribution is 0.409. The second-order valence-corrected chi connectivity index (χ2v) is 4.03. The number of rotatable bonds is 1. The summed E-state index contributed by atoms with van der Waals surface area (Å²) < 4.78 is 5.97. The molecule has 0 aliphatic rings. The number of aromatic nitrogens is 1. The molecule has 0 atom stereocenters. The van der Waals surface area contributed by atoms with Gasteiger partial charge in [-0.25, -0.2) is 0 Å². The number of halogens is 1. The van der Waals surface area contributed by atoms with Crippen molar-refractivity contribution in [1.29, 1.82) is 0 Å². The van der Waals surface area contributed by atoms with E-state index in [0.29, 0.717) is 5.75 Å². The summed E-state index contributed by atoms with van der Waals surface area (Å²) in [6.07, 6.45) is 0. The lowest BCUT2D eigenvalue weighted by Crippen LogP contribution is -2.09. The SMILES string of the molecule is COc1cc2cccc(I)c2[nH]c1=O. The molecule has 72 valence electrons. The molecule has 0 saturated heterocycles. The second-order valence-electron chi connectivity index (χ2n) is 2.87. The Hall–Kier alpha value is -1.04. The van der Waals surface area contributed by atoms with Crippen molar-refractivity contribution in [3.8, 4) is 5.75 Å². The fourth-order valence-corrected chi connectivity index (χ4v) is 1.98. The molecule has 0 unspecified atom stereocenters. The standard InChI is InChI=1S/C10H8INO2/c1-14-8-5-6-3-2-4-7(11)9(6)12-10(8)13/h2-5H,1H3,(H,12,13). The number of fused-ring (bicyclic) bond motifs is 1. The molecule has 0 bridgehead atoms. The molecular weight excluding hydrogens is 293 g/mol. The number of benzene rings is 1. The Morgan fingerprint density at radius 2 is 2.21 bits per heavy atom. The normalized spacial score (nSPS) is 10.4. The molecule has 1 aromatic carbocycles. The van der Waals surface area contributed by atoms with Crippen LogP contribution in [0.3, 0.4) is 0 Å². The molecule has 2 aromatic rings. The fraction of sp³-hybridized carbons (Fsp3) is 0.100. The van der Waals surface area contributed by atoms with Gasteiger partial charge in [0.1, 0.15) is 0 Å². The molecule has 2 rings (SSSR count). The molecule has 0 aliphatic carbocycles. The maximum Gasteiger partial charge on any atom is 0.290 e. The largest absolute Gasteiger partial charge is 0.491 e. The molecule has 0 radical (unpaired) electrons. The number of hydrogen-bond donors (Lipinski definition) is 1. The van der Waals surface area contributed by atoms with Crippen LogP contribution < -0.4 is 10.3 Å². The van der Waals surface area contributed by atoms with Crippen LogP contribution in [-0.4, -0.2) is 12.1 Å². The summed E-state index contributed by atoms with van der Waals surface area (Å²) in [5.74, 6) is 0.347. The van der Waals surface area contributed by atoms with Crippen molar-refractivity contribution < 1.29 is 4.74 Å². The van der Waals surface area contributed by atoms with E-state index in [1.165, 1.54) is 7.11 Å². The van der Waals surface area contributed by atoms with Crippen LogP contribution in [0.4, 0.5) is 0 Å². The van der Waals surface area contributed by atoms with Crippen LogP contribution in [0.1, 0.15) is 0 Å². The highest BCUT2D eigenvalue weighted by Gasteiger charge is 2.03. The number of aromatic amines is 1. The molecule has 3 nitrogen and oxygen atoms in total. The third-order valence-corrected chi connectivity index (χ3v) is 2.91. The van der Waals surface area contributed by atoms with Gasteiger partial charge in [-0.15, -0.1) is 0 Å². The molecule has 0 fully saturated rings. The summed E-state index contributed by atoms with van der Waals surface area (Å²) >= 11 is 2.19. The highest BCUT2D eigenvalue weighted by atomic mass is 127. The summed E-state index contributed by atoms with van der Waals surface area (Å²) in [4.78, 5) is 14.2. The molecule has 0 spiro atoms. The minimum absolute atomic E-state index is 0.191. The lowest BCUT2D eigenvalue weighted by atomic mass is 10.2. The van der Waals surface area contributed by atoms with Crippen molar-refractivity contribution in [3.63, 3.8) is 0 Å². The van der Waals surface area contributed by atoms with E-state index < -0.39 is 0 Å². The minimum atomic E-state index is -0.191. The van der Waals surface area contributed by atoms with Gasteiger partial charge in [-0.3, -0.25) is 4.79 Å². The van der Waals surface area contributed by atoms with Crippen LogP contribution in [0.5, 0.6) is 5.75 Å². The number of para-hydroxylation sites is 1. The number of ether oxygens (including phenoxy) is 1. The van der Waals surface area contributed by atoms with Crippen molar-refractivity contribution in [2.24, 2.45) is 0 Å². The molecule has 0 saturated carbocycles. The van der Waals surface area contributed by atoms with Crippen LogP contribution in [0.15, 0.2) is 29.1 Å². The van der Waals surface area contributed by atoms with Gasteiger partial charge in [-0.2, -0.15) is 0 Å². The summed E-state index contributed by atoms with van der Waals surface area (Å²) in [6, 6.07) is 7.58. The monoisotopic (exact) mass is 301 g/mol. The van der Waals surface area contributed by atoms with Gasteiger partial charge in [0.2, 0.25) is 0 Å². The highest BCUT2D eigenvalue weighted by Crippen LogP contribution is 2.19. The van der Waals surface area contributed by atoms with Crippen molar-refractivity contribution in [2.45, 2.75) is 0 Å². The molecular formula is C10H8INO2. The van der Waals surface area contributed by atoms with E-state index in [2.05, 4.69) is 27.6 Å². The summed E-state index contributed by atoms with van der Waals surface area (Å²) in [7, 11) is 1.49. The van der Waals surface area contributed by atoms with Crippen LogP contribution in [-0.2, 0) is 0 Å². The lowest BCUT2D eigenvalue weighted by Gasteiger charge is -2.02. The van der Waals surface area contributed by atoms with Crippen molar-refractivity contribution in [1.82, 2.24) is 4.98 Å². The first-order valence-electron chi connectivity index (χ1n) is 4.08. The molecule has 4 heteroatoms.